The summed E-state index contributed by atoms with van der Waals surface area (Å²) in [7, 11) is 1.68. The lowest BCUT2D eigenvalue weighted by atomic mass is 10.2. The highest BCUT2D eigenvalue weighted by Crippen LogP contribution is 2.20. The Morgan fingerprint density at radius 3 is 2.50 bits per heavy atom. The molecule has 0 atom stereocenters. The van der Waals surface area contributed by atoms with Crippen molar-refractivity contribution in [3.05, 3.63) is 41.2 Å². The minimum atomic E-state index is 0.861. The van der Waals surface area contributed by atoms with Crippen LogP contribution in [0.3, 0.4) is 0 Å². The number of rotatable bonds is 6. The molecule has 0 radical (unpaired) electrons. The standard InChI is InChI=1S/C16H23N3O/c1-5-10-17-11-16-12(2)18-19(13(16)3)14-6-8-15(20-4)9-7-14/h6-9,17H,5,10-11H2,1-4H3. The van der Waals surface area contributed by atoms with Crippen LogP contribution in [-0.4, -0.2) is 23.4 Å². The summed E-state index contributed by atoms with van der Waals surface area (Å²) in [5, 5.41) is 8.09. The molecule has 0 bridgehead atoms. The Balaban J connectivity index is 2.25. The molecular formula is C16H23N3O. The largest absolute Gasteiger partial charge is 0.497 e. The fourth-order valence-electron chi connectivity index (χ4n) is 2.30. The second-order valence-electron chi connectivity index (χ2n) is 4.94. The van der Waals surface area contributed by atoms with Gasteiger partial charge in [-0.2, -0.15) is 5.10 Å². The molecule has 4 heteroatoms. The van der Waals surface area contributed by atoms with E-state index in [0.29, 0.717) is 0 Å². The van der Waals surface area contributed by atoms with Crippen molar-refractivity contribution in [1.82, 2.24) is 15.1 Å². The van der Waals surface area contributed by atoms with Crippen LogP contribution in [0.4, 0.5) is 0 Å². The fraction of sp³-hybridized carbons (Fsp3) is 0.438. The molecule has 1 aromatic heterocycles. The van der Waals surface area contributed by atoms with Crippen LogP contribution in [0.5, 0.6) is 5.75 Å². The van der Waals surface area contributed by atoms with E-state index in [4.69, 9.17) is 4.74 Å². The molecule has 0 unspecified atom stereocenters. The van der Waals surface area contributed by atoms with Gasteiger partial charge in [0.25, 0.3) is 0 Å². The lowest BCUT2D eigenvalue weighted by molar-refractivity contribution is 0.414. The van der Waals surface area contributed by atoms with Crippen LogP contribution < -0.4 is 10.1 Å². The van der Waals surface area contributed by atoms with Gasteiger partial charge in [0, 0.05) is 17.8 Å². The number of nitrogens with one attached hydrogen (secondary N) is 1. The molecule has 0 aliphatic carbocycles. The Bertz CT molecular complexity index is 558. The number of nitrogens with zero attached hydrogens (tertiary/aromatic N) is 2. The van der Waals surface area contributed by atoms with E-state index in [1.807, 2.05) is 28.9 Å². The van der Waals surface area contributed by atoms with Gasteiger partial charge in [-0.25, -0.2) is 4.68 Å². The van der Waals surface area contributed by atoms with Crippen LogP contribution in [-0.2, 0) is 6.54 Å². The molecule has 4 nitrogen and oxygen atoms in total. The first-order valence-electron chi connectivity index (χ1n) is 7.07. The summed E-state index contributed by atoms with van der Waals surface area (Å²) in [5.41, 5.74) is 4.63. The van der Waals surface area contributed by atoms with Crippen molar-refractivity contribution >= 4 is 0 Å². The summed E-state index contributed by atoms with van der Waals surface area (Å²) >= 11 is 0. The van der Waals surface area contributed by atoms with Gasteiger partial charge >= 0.3 is 0 Å². The van der Waals surface area contributed by atoms with Gasteiger partial charge < -0.3 is 10.1 Å². The molecule has 1 heterocycles. The molecule has 2 aromatic rings. The number of aryl methyl sites for hydroxylation is 1. The van der Waals surface area contributed by atoms with E-state index < -0.39 is 0 Å². The second kappa shape index (κ2) is 6.57. The summed E-state index contributed by atoms with van der Waals surface area (Å²) in [6.07, 6.45) is 1.14. The third-order valence-corrected chi connectivity index (χ3v) is 3.49. The first-order chi connectivity index (χ1) is 9.67. The maximum absolute atomic E-state index is 5.19. The number of hydrogen-bond acceptors (Lipinski definition) is 3. The predicted molar refractivity (Wildman–Crippen MR) is 81.6 cm³/mol. The first-order valence-corrected chi connectivity index (χ1v) is 7.07. The smallest absolute Gasteiger partial charge is 0.119 e. The van der Waals surface area contributed by atoms with Crippen LogP contribution in [0, 0.1) is 13.8 Å². The molecule has 1 N–H and O–H groups in total. The molecular weight excluding hydrogens is 250 g/mol. The molecule has 0 fully saturated rings. The first kappa shape index (κ1) is 14.6. The van der Waals surface area contributed by atoms with Crippen molar-refractivity contribution in [2.24, 2.45) is 0 Å². The topological polar surface area (TPSA) is 39.1 Å². The van der Waals surface area contributed by atoms with Crippen molar-refractivity contribution in [3.8, 4) is 11.4 Å². The van der Waals surface area contributed by atoms with Gasteiger partial charge in [0.05, 0.1) is 18.5 Å². The Hall–Kier alpha value is -1.81. The summed E-state index contributed by atoms with van der Waals surface area (Å²) in [6.45, 7) is 8.27. The minimum Gasteiger partial charge on any atom is -0.497 e. The van der Waals surface area contributed by atoms with Crippen LogP contribution in [0.15, 0.2) is 24.3 Å². The van der Waals surface area contributed by atoms with E-state index in [1.54, 1.807) is 7.11 Å². The lowest BCUT2D eigenvalue weighted by Gasteiger charge is -2.07. The second-order valence-corrected chi connectivity index (χ2v) is 4.94. The predicted octanol–water partition coefficient (Wildman–Crippen LogP) is 3.00. The van der Waals surface area contributed by atoms with Crippen molar-refractivity contribution in [2.45, 2.75) is 33.7 Å². The summed E-state index contributed by atoms with van der Waals surface area (Å²) in [5.74, 6) is 0.861. The highest BCUT2D eigenvalue weighted by molar-refractivity contribution is 5.40. The van der Waals surface area contributed by atoms with Gasteiger partial charge in [-0.15, -0.1) is 0 Å². The van der Waals surface area contributed by atoms with Crippen molar-refractivity contribution < 1.29 is 4.74 Å². The van der Waals surface area contributed by atoms with E-state index >= 15 is 0 Å². The average Bonchev–Trinajstić information content (AvgIpc) is 2.75. The molecule has 0 saturated heterocycles. The third kappa shape index (κ3) is 3.02. The van der Waals surface area contributed by atoms with Crippen LogP contribution >= 0.6 is 0 Å². The normalized spacial score (nSPS) is 10.8. The van der Waals surface area contributed by atoms with E-state index in [-0.39, 0.29) is 0 Å². The highest BCUT2D eigenvalue weighted by Gasteiger charge is 2.12. The zero-order chi connectivity index (χ0) is 14.5. The third-order valence-electron chi connectivity index (χ3n) is 3.49. The van der Waals surface area contributed by atoms with Crippen molar-refractivity contribution in [2.75, 3.05) is 13.7 Å². The van der Waals surface area contributed by atoms with Gasteiger partial charge in [0.15, 0.2) is 0 Å². The van der Waals surface area contributed by atoms with Crippen LogP contribution in [0.2, 0.25) is 0 Å². The number of ether oxygens (including phenoxy) is 1. The quantitative estimate of drug-likeness (QED) is 0.822. The zero-order valence-corrected chi connectivity index (χ0v) is 12.7. The van der Waals surface area contributed by atoms with Crippen LogP contribution in [0.25, 0.3) is 5.69 Å². The maximum atomic E-state index is 5.19. The van der Waals surface area contributed by atoms with Gasteiger partial charge in [0.2, 0.25) is 0 Å². The Labute approximate surface area is 120 Å². The molecule has 0 saturated carbocycles. The molecule has 0 aliphatic rings. The van der Waals surface area contributed by atoms with E-state index in [1.165, 1.54) is 11.3 Å². The van der Waals surface area contributed by atoms with E-state index in [2.05, 4.69) is 31.2 Å². The van der Waals surface area contributed by atoms with Gasteiger partial charge in [-0.05, 0) is 51.1 Å². The molecule has 0 aliphatic heterocycles. The molecule has 0 spiro atoms. The van der Waals surface area contributed by atoms with Gasteiger partial charge in [0.1, 0.15) is 5.75 Å². The average molecular weight is 273 g/mol. The molecule has 0 amide bonds. The lowest BCUT2D eigenvalue weighted by Crippen LogP contribution is -2.15. The molecule has 2 rings (SSSR count). The van der Waals surface area contributed by atoms with Crippen molar-refractivity contribution in [3.63, 3.8) is 0 Å². The van der Waals surface area contributed by atoms with Gasteiger partial charge in [-0.1, -0.05) is 6.92 Å². The fourth-order valence-corrected chi connectivity index (χ4v) is 2.30. The Morgan fingerprint density at radius 2 is 1.90 bits per heavy atom. The molecule has 108 valence electrons. The Morgan fingerprint density at radius 1 is 1.20 bits per heavy atom. The molecule has 1 aromatic carbocycles. The van der Waals surface area contributed by atoms with E-state index in [9.17, 15) is 0 Å². The number of methoxy groups -OCH3 is 1. The number of hydrogen-bond donors (Lipinski definition) is 1. The number of aromatic nitrogens is 2. The van der Waals surface area contributed by atoms with Crippen LogP contribution in [0.1, 0.15) is 30.3 Å². The highest BCUT2D eigenvalue weighted by atomic mass is 16.5. The minimum absolute atomic E-state index is 0.861. The number of benzene rings is 1. The van der Waals surface area contributed by atoms with Crippen molar-refractivity contribution in [1.29, 1.82) is 0 Å². The van der Waals surface area contributed by atoms with E-state index in [0.717, 1.165) is 36.6 Å². The SMILES string of the molecule is CCCNCc1c(C)nn(-c2ccc(OC)cc2)c1C. The summed E-state index contributed by atoms with van der Waals surface area (Å²) in [4.78, 5) is 0. The van der Waals surface area contributed by atoms with Gasteiger partial charge in [-0.3, -0.25) is 0 Å². The maximum Gasteiger partial charge on any atom is 0.119 e. The Kier molecular flexibility index (Phi) is 4.79. The molecule has 20 heavy (non-hydrogen) atoms. The summed E-state index contributed by atoms with van der Waals surface area (Å²) < 4.78 is 7.19. The summed E-state index contributed by atoms with van der Waals surface area (Å²) in [6, 6.07) is 7.98. The zero-order valence-electron chi connectivity index (χ0n) is 12.7. The monoisotopic (exact) mass is 273 g/mol.